The molecular weight excluding hydrogens is 170 g/mol. The van der Waals surface area contributed by atoms with Gasteiger partial charge in [-0.1, -0.05) is 0 Å². The van der Waals surface area contributed by atoms with Gasteiger partial charge in [0.25, 0.3) is 5.91 Å². The zero-order chi connectivity index (χ0) is 9.90. The molecule has 1 amide bonds. The highest BCUT2D eigenvalue weighted by Gasteiger charge is 2.22. The lowest BCUT2D eigenvalue weighted by molar-refractivity contribution is -0.136. The largest absolute Gasteiger partial charge is 0.381 e. The molecule has 0 aliphatic heterocycles. The van der Waals surface area contributed by atoms with Crippen molar-refractivity contribution in [2.75, 3.05) is 0 Å². The van der Waals surface area contributed by atoms with Gasteiger partial charge in [-0.15, -0.1) is 0 Å². The lowest BCUT2D eigenvalue weighted by Gasteiger charge is -2.15. The molecule has 0 spiro atoms. The third-order valence-electron chi connectivity index (χ3n) is 1.55. The van der Waals surface area contributed by atoms with E-state index < -0.39 is 11.5 Å². The fourth-order valence-electron chi connectivity index (χ4n) is 0.775. The molecule has 1 aromatic rings. The van der Waals surface area contributed by atoms with Crippen molar-refractivity contribution in [1.29, 1.82) is 0 Å². The normalized spacial score (nSPS) is 11.3. The van der Waals surface area contributed by atoms with Gasteiger partial charge in [0.1, 0.15) is 5.60 Å². The van der Waals surface area contributed by atoms with Crippen molar-refractivity contribution in [2.24, 2.45) is 0 Å². The van der Waals surface area contributed by atoms with Gasteiger partial charge in [-0.3, -0.25) is 9.89 Å². The maximum atomic E-state index is 11.2. The van der Waals surface area contributed by atoms with Gasteiger partial charge in [-0.05, 0) is 19.9 Å². The average molecular weight is 183 g/mol. The summed E-state index contributed by atoms with van der Waals surface area (Å²) in [6, 6.07) is 1.75. The van der Waals surface area contributed by atoms with Crippen LogP contribution in [0.2, 0.25) is 0 Å². The minimum Gasteiger partial charge on any atom is -0.381 e. The van der Waals surface area contributed by atoms with E-state index in [-0.39, 0.29) is 0 Å². The van der Waals surface area contributed by atoms with Crippen molar-refractivity contribution in [1.82, 2.24) is 15.5 Å². The van der Waals surface area contributed by atoms with E-state index in [9.17, 15) is 9.90 Å². The molecule has 0 aromatic carbocycles. The molecule has 0 aliphatic rings. The SMILES string of the molecule is CC(C)(O)C(=O)NCc1ccn[nH]1. The molecule has 0 aliphatic carbocycles. The Morgan fingerprint density at radius 1 is 1.77 bits per heavy atom. The summed E-state index contributed by atoms with van der Waals surface area (Å²) < 4.78 is 0. The Morgan fingerprint density at radius 2 is 2.46 bits per heavy atom. The summed E-state index contributed by atoms with van der Waals surface area (Å²) in [5.74, 6) is -0.401. The Hall–Kier alpha value is -1.36. The Labute approximate surface area is 76.2 Å². The first-order valence-electron chi connectivity index (χ1n) is 3.99. The zero-order valence-corrected chi connectivity index (χ0v) is 7.66. The summed E-state index contributed by atoms with van der Waals surface area (Å²) >= 11 is 0. The Balaban J connectivity index is 2.40. The molecule has 0 saturated carbocycles. The summed E-state index contributed by atoms with van der Waals surface area (Å²) in [5.41, 5.74) is -0.530. The molecule has 5 heteroatoms. The number of nitrogens with zero attached hydrogens (tertiary/aromatic N) is 1. The molecule has 0 fully saturated rings. The van der Waals surface area contributed by atoms with Crippen molar-refractivity contribution in [3.8, 4) is 0 Å². The van der Waals surface area contributed by atoms with Crippen LogP contribution in [0.4, 0.5) is 0 Å². The number of aromatic nitrogens is 2. The van der Waals surface area contributed by atoms with E-state index >= 15 is 0 Å². The van der Waals surface area contributed by atoms with Crippen LogP contribution in [0.1, 0.15) is 19.5 Å². The van der Waals surface area contributed by atoms with Crippen LogP contribution in [-0.4, -0.2) is 26.8 Å². The van der Waals surface area contributed by atoms with Gasteiger partial charge in [0.2, 0.25) is 0 Å². The molecule has 13 heavy (non-hydrogen) atoms. The van der Waals surface area contributed by atoms with E-state index in [1.54, 1.807) is 12.3 Å². The maximum absolute atomic E-state index is 11.2. The van der Waals surface area contributed by atoms with Crippen LogP contribution in [0.15, 0.2) is 12.3 Å². The van der Waals surface area contributed by atoms with Crippen LogP contribution < -0.4 is 5.32 Å². The highest BCUT2D eigenvalue weighted by Crippen LogP contribution is 2.00. The zero-order valence-electron chi connectivity index (χ0n) is 7.66. The molecule has 3 N–H and O–H groups in total. The summed E-state index contributed by atoms with van der Waals surface area (Å²) in [4.78, 5) is 11.2. The minimum absolute atomic E-state index is 0.350. The molecule has 1 rings (SSSR count). The lowest BCUT2D eigenvalue weighted by Crippen LogP contribution is -2.41. The third kappa shape index (κ3) is 2.87. The predicted molar refractivity (Wildman–Crippen MR) is 46.7 cm³/mol. The second kappa shape index (κ2) is 3.57. The second-order valence-corrected chi connectivity index (χ2v) is 3.32. The molecule has 72 valence electrons. The van der Waals surface area contributed by atoms with Gasteiger partial charge in [0.15, 0.2) is 0 Å². The van der Waals surface area contributed by atoms with Crippen LogP contribution in [0.5, 0.6) is 0 Å². The van der Waals surface area contributed by atoms with Crippen molar-refractivity contribution in [3.05, 3.63) is 18.0 Å². The number of hydrogen-bond acceptors (Lipinski definition) is 3. The third-order valence-corrected chi connectivity index (χ3v) is 1.55. The average Bonchev–Trinajstić information content (AvgIpc) is 2.50. The van der Waals surface area contributed by atoms with E-state index in [1.165, 1.54) is 13.8 Å². The molecule has 0 radical (unpaired) electrons. The van der Waals surface area contributed by atoms with E-state index in [0.29, 0.717) is 6.54 Å². The Kier molecular flexibility index (Phi) is 2.67. The number of nitrogens with one attached hydrogen (secondary N) is 2. The van der Waals surface area contributed by atoms with Gasteiger partial charge >= 0.3 is 0 Å². The molecule has 0 unspecified atom stereocenters. The quantitative estimate of drug-likeness (QED) is 0.607. The minimum atomic E-state index is -1.33. The van der Waals surface area contributed by atoms with Crippen LogP contribution in [0.3, 0.4) is 0 Å². The van der Waals surface area contributed by atoms with Gasteiger partial charge < -0.3 is 10.4 Å². The van der Waals surface area contributed by atoms with Crippen LogP contribution in [-0.2, 0) is 11.3 Å². The number of hydrogen-bond donors (Lipinski definition) is 3. The molecule has 0 saturated heterocycles. The van der Waals surface area contributed by atoms with Crippen LogP contribution in [0, 0.1) is 0 Å². The summed E-state index contributed by atoms with van der Waals surface area (Å²) in [5, 5.41) is 18.3. The number of carbonyl (C=O) groups excluding carboxylic acids is 1. The van der Waals surface area contributed by atoms with E-state index in [2.05, 4.69) is 15.5 Å². The standard InChI is InChI=1S/C8H13N3O2/c1-8(2,13)7(12)9-5-6-3-4-10-11-6/h3-4,13H,5H2,1-2H3,(H,9,12)(H,10,11). The number of aromatic amines is 1. The van der Waals surface area contributed by atoms with Gasteiger partial charge in [0, 0.05) is 6.20 Å². The van der Waals surface area contributed by atoms with Crippen LogP contribution in [0.25, 0.3) is 0 Å². The molecule has 0 atom stereocenters. The molecular formula is C8H13N3O2. The highest BCUT2D eigenvalue weighted by atomic mass is 16.3. The molecule has 0 bridgehead atoms. The monoisotopic (exact) mass is 183 g/mol. The smallest absolute Gasteiger partial charge is 0.251 e. The summed E-state index contributed by atoms with van der Waals surface area (Å²) in [6.07, 6.45) is 1.60. The number of carbonyl (C=O) groups is 1. The van der Waals surface area contributed by atoms with Gasteiger partial charge in [-0.25, -0.2) is 0 Å². The molecule has 1 aromatic heterocycles. The fraction of sp³-hybridized carbons (Fsp3) is 0.500. The van der Waals surface area contributed by atoms with Crippen molar-refractivity contribution < 1.29 is 9.90 Å². The van der Waals surface area contributed by atoms with Crippen molar-refractivity contribution in [3.63, 3.8) is 0 Å². The first-order valence-corrected chi connectivity index (χ1v) is 3.99. The van der Waals surface area contributed by atoms with E-state index in [4.69, 9.17) is 0 Å². The number of rotatable bonds is 3. The van der Waals surface area contributed by atoms with Gasteiger partial charge in [0.05, 0.1) is 12.2 Å². The van der Waals surface area contributed by atoms with E-state index in [0.717, 1.165) is 5.69 Å². The first-order chi connectivity index (χ1) is 6.00. The second-order valence-electron chi connectivity index (χ2n) is 3.32. The Morgan fingerprint density at radius 3 is 2.92 bits per heavy atom. The lowest BCUT2D eigenvalue weighted by atomic mass is 10.1. The number of amides is 1. The van der Waals surface area contributed by atoms with Crippen molar-refractivity contribution >= 4 is 5.91 Å². The topological polar surface area (TPSA) is 78.0 Å². The van der Waals surface area contributed by atoms with Gasteiger partial charge in [-0.2, -0.15) is 5.10 Å². The Bertz CT molecular complexity index is 274. The first kappa shape index (κ1) is 9.73. The molecule has 1 heterocycles. The number of aliphatic hydroxyl groups is 1. The molecule has 5 nitrogen and oxygen atoms in total. The fourth-order valence-corrected chi connectivity index (χ4v) is 0.775. The maximum Gasteiger partial charge on any atom is 0.251 e. The van der Waals surface area contributed by atoms with E-state index in [1.807, 2.05) is 0 Å². The summed E-state index contributed by atoms with van der Waals surface area (Å²) in [7, 11) is 0. The number of H-pyrrole nitrogens is 1. The summed E-state index contributed by atoms with van der Waals surface area (Å²) in [6.45, 7) is 3.23. The predicted octanol–water partition coefficient (Wildman–Crippen LogP) is -0.203. The highest BCUT2D eigenvalue weighted by molar-refractivity contribution is 5.83. The van der Waals surface area contributed by atoms with Crippen molar-refractivity contribution in [2.45, 2.75) is 26.0 Å². The van der Waals surface area contributed by atoms with Crippen LogP contribution >= 0.6 is 0 Å².